The van der Waals surface area contributed by atoms with Gasteiger partial charge >= 0.3 is 0 Å². The maximum Gasteiger partial charge on any atom is 0.253 e. The van der Waals surface area contributed by atoms with Crippen molar-refractivity contribution >= 4 is 11.6 Å². The number of carbonyl (C=O) groups is 1. The Kier molecular flexibility index (Phi) is 6.85. The SMILES string of the molecule is COc1ccc(CNC(=O)c2cncc(N(Cc3ccccc3)C(C)C)c2)cc1. The Bertz CT molecular complexity index is 924. The summed E-state index contributed by atoms with van der Waals surface area (Å²) in [5.41, 5.74) is 3.71. The van der Waals surface area contributed by atoms with E-state index in [9.17, 15) is 4.79 Å². The van der Waals surface area contributed by atoms with Gasteiger partial charge in [-0.25, -0.2) is 0 Å². The zero-order valence-corrected chi connectivity index (χ0v) is 17.1. The van der Waals surface area contributed by atoms with Crippen molar-refractivity contribution in [1.29, 1.82) is 0 Å². The summed E-state index contributed by atoms with van der Waals surface area (Å²) >= 11 is 0. The lowest BCUT2D eigenvalue weighted by Crippen LogP contribution is -2.31. The minimum absolute atomic E-state index is 0.140. The normalized spacial score (nSPS) is 10.6. The third kappa shape index (κ3) is 5.57. The number of ether oxygens (including phenoxy) is 1. The molecule has 150 valence electrons. The van der Waals surface area contributed by atoms with E-state index in [1.165, 1.54) is 5.56 Å². The molecule has 5 nitrogen and oxygen atoms in total. The van der Waals surface area contributed by atoms with Crippen LogP contribution in [0.2, 0.25) is 0 Å². The van der Waals surface area contributed by atoms with Crippen LogP contribution in [0.4, 0.5) is 5.69 Å². The first-order valence-electron chi connectivity index (χ1n) is 9.73. The molecule has 3 aromatic rings. The van der Waals surface area contributed by atoms with Gasteiger partial charge in [0.05, 0.1) is 24.6 Å². The van der Waals surface area contributed by atoms with Crippen molar-refractivity contribution in [3.8, 4) is 5.75 Å². The lowest BCUT2D eigenvalue weighted by Gasteiger charge is -2.29. The highest BCUT2D eigenvalue weighted by molar-refractivity contribution is 5.94. The number of benzene rings is 2. The summed E-state index contributed by atoms with van der Waals surface area (Å²) in [4.78, 5) is 19.2. The second kappa shape index (κ2) is 9.73. The van der Waals surface area contributed by atoms with E-state index in [2.05, 4.69) is 41.2 Å². The summed E-state index contributed by atoms with van der Waals surface area (Å²) in [6, 6.07) is 20.1. The number of pyridine rings is 1. The molecule has 29 heavy (non-hydrogen) atoms. The number of aromatic nitrogens is 1. The van der Waals surface area contributed by atoms with Gasteiger partial charge in [-0.15, -0.1) is 0 Å². The maximum absolute atomic E-state index is 12.6. The zero-order valence-electron chi connectivity index (χ0n) is 17.1. The Balaban J connectivity index is 1.70. The molecule has 0 saturated carbocycles. The molecule has 0 aliphatic rings. The molecule has 0 fully saturated rings. The van der Waals surface area contributed by atoms with E-state index in [1.807, 2.05) is 54.7 Å². The van der Waals surface area contributed by atoms with Crippen LogP contribution in [0.15, 0.2) is 73.1 Å². The van der Waals surface area contributed by atoms with E-state index in [4.69, 9.17) is 4.74 Å². The third-order valence-electron chi connectivity index (χ3n) is 4.75. The smallest absolute Gasteiger partial charge is 0.253 e. The number of rotatable bonds is 8. The third-order valence-corrected chi connectivity index (χ3v) is 4.75. The molecule has 5 heteroatoms. The number of hydrogen-bond acceptors (Lipinski definition) is 4. The van der Waals surface area contributed by atoms with Crippen LogP contribution in [0, 0.1) is 0 Å². The molecule has 0 aliphatic heterocycles. The van der Waals surface area contributed by atoms with E-state index in [1.54, 1.807) is 13.3 Å². The number of carbonyl (C=O) groups excluding carboxylic acids is 1. The van der Waals surface area contributed by atoms with Crippen molar-refractivity contribution in [3.63, 3.8) is 0 Å². The molecule has 1 aromatic heterocycles. The van der Waals surface area contributed by atoms with Gasteiger partial charge in [0.2, 0.25) is 0 Å². The Labute approximate surface area is 172 Å². The Morgan fingerprint density at radius 1 is 1.03 bits per heavy atom. The van der Waals surface area contributed by atoms with Crippen LogP contribution in [0.3, 0.4) is 0 Å². The molecular weight excluding hydrogens is 362 g/mol. The molecule has 0 spiro atoms. The molecule has 0 saturated heterocycles. The fourth-order valence-electron chi connectivity index (χ4n) is 3.09. The predicted molar refractivity (Wildman–Crippen MR) is 116 cm³/mol. The van der Waals surface area contributed by atoms with E-state index in [-0.39, 0.29) is 11.9 Å². The summed E-state index contributed by atoms with van der Waals surface area (Å²) in [7, 11) is 1.63. The Morgan fingerprint density at radius 3 is 2.41 bits per heavy atom. The first-order chi connectivity index (χ1) is 14.1. The van der Waals surface area contributed by atoms with E-state index in [0.717, 1.165) is 23.5 Å². The van der Waals surface area contributed by atoms with E-state index >= 15 is 0 Å². The molecule has 2 aromatic carbocycles. The van der Waals surface area contributed by atoms with Gasteiger partial charge in [0.15, 0.2) is 0 Å². The standard InChI is InChI=1S/C24H27N3O2/c1-18(2)27(17-20-7-5-4-6-8-20)22-13-21(15-25-16-22)24(28)26-14-19-9-11-23(29-3)12-10-19/h4-13,15-16,18H,14,17H2,1-3H3,(H,26,28). The quantitative estimate of drug-likeness (QED) is 0.619. The van der Waals surface area contributed by atoms with Gasteiger partial charge in [0, 0.05) is 25.3 Å². The largest absolute Gasteiger partial charge is 0.497 e. The molecule has 1 heterocycles. The fraction of sp³-hybridized carbons (Fsp3) is 0.250. The van der Waals surface area contributed by atoms with Gasteiger partial charge in [0.25, 0.3) is 5.91 Å². The molecule has 0 unspecified atom stereocenters. The molecular formula is C24H27N3O2. The Morgan fingerprint density at radius 2 is 1.76 bits per heavy atom. The highest BCUT2D eigenvalue weighted by atomic mass is 16.5. The Hall–Kier alpha value is -3.34. The summed E-state index contributed by atoms with van der Waals surface area (Å²) < 4.78 is 5.16. The predicted octanol–water partition coefficient (Wildman–Crippen LogP) is 4.44. The zero-order chi connectivity index (χ0) is 20.6. The van der Waals surface area contributed by atoms with Gasteiger partial charge in [-0.3, -0.25) is 9.78 Å². The van der Waals surface area contributed by atoms with Crippen LogP contribution in [-0.4, -0.2) is 24.0 Å². The van der Waals surface area contributed by atoms with Crippen LogP contribution in [-0.2, 0) is 13.1 Å². The summed E-state index contributed by atoms with van der Waals surface area (Å²) in [5, 5.41) is 2.96. The van der Waals surface area contributed by atoms with Gasteiger partial charge in [0.1, 0.15) is 5.75 Å². The lowest BCUT2D eigenvalue weighted by molar-refractivity contribution is 0.0950. The van der Waals surface area contributed by atoms with Crippen LogP contribution >= 0.6 is 0 Å². The number of anilines is 1. The molecule has 0 radical (unpaired) electrons. The number of amides is 1. The van der Waals surface area contributed by atoms with Crippen molar-refractivity contribution in [2.24, 2.45) is 0 Å². The maximum atomic E-state index is 12.6. The summed E-state index contributed by atoms with van der Waals surface area (Å²) in [6.45, 7) is 5.49. The second-order valence-corrected chi connectivity index (χ2v) is 7.17. The minimum Gasteiger partial charge on any atom is -0.497 e. The molecule has 1 amide bonds. The van der Waals surface area contributed by atoms with Gasteiger partial charge in [-0.1, -0.05) is 42.5 Å². The lowest BCUT2D eigenvalue weighted by atomic mass is 10.1. The molecule has 0 bridgehead atoms. The minimum atomic E-state index is -0.140. The monoisotopic (exact) mass is 389 g/mol. The van der Waals surface area contributed by atoms with Crippen molar-refractivity contribution in [1.82, 2.24) is 10.3 Å². The highest BCUT2D eigenvalue weighted by Crippen LogP contribution is 2.20. The first-order valence-corrected chi connectivity index (χ1v) is 9.73. The first kappa shape index (κ1) is 20.4. The number of methoxy groups -OCH3 is 1. The van der Waals surface area contributed by atoms with E-state index < -0.39 is 0 Å². The number of nitrogens with zero attached hydrogens (tertiary/aromatic N) is 2. The molecule has 3 rings (SSSR count). The summed E-state index contributed by atoms with van der Waals surface area (Å²) in [5.74, 6) is 0.655. The van der Waals surface area contributed by atoms with Gasteiger partial charge in [-0.05, 0) is 43.2 Å². The topological polar surface area (TPSA) is 54.5 Å². The van der Waals surface area contributed by atoms with Crippen molar-refractivity contribution in [2.75, 3.05) is 12.0 Å². The van der Waals surface area contributed by atoms with Crippen LogP contribution in [0.25, 0.3) is 0 Å². The number of hydrogen-bond donors (Lipinski definition) is 1. The van der Waals surface area contributed by atoms with Crippen LogP contribution in [0.5, 0.6) is 5.75 Å². The van der Waals surface area contributed by atoms with Gasteiger partial charge < -0.3 is 15.0 Å². The highest BCUT2D eigenvalue weighted by Gasteiger charge is 2.14. The number of nitrogens with one attached hydrogen (secondary N) is 1. The van der Waals surface area contributed by atoms with Crippen LogP contribution in [0.1, 0.15) is 35.3 Å². The van der Waals surface area contributed by atoms with Crippen molar-refractivity contribution < 1.29 is 9.53 Å². The average molecular weight is 389 g/mol. The molecule has 1 N–H and O–H groups in total. The van der Waals surface area contributed by atoms with Crippen LogP contribution < -0.4 is 15.0 Å². The molecule has 0 aliphatic carbocycles. The van der Waals surface area contributed by atoms with Gasteiger partial charge in [-0.2, -0.15) is 0 Å². The van der Waals surface area contributed by atoms with Crippen molar-refractivity contribution in [2.45, 2.75) is 33.0 Å². The second-order valence-electron chi connectivity index (χ2n) is 7.17. The summed E-state index contributed by atoms with van der Waals surface area (Å²) in [6.07, 6.45) is 3.41. The van der Waals surface area contributed by atoms with Crippen molar-refractivity contribution in [3.05, 3.63) is 89.7 Å². The molecule has 0 atom stereocenters. The fourth-order valence-corrected chi connectivity index (χ4v) is 3.09. The average Bonchev–Trinajstić information content (AvgIpc) is 2.76. The van der Waals surface area contributed by atoms with E-state index in [0.29, 0.717) is 12.1 Å².